The Hall–Kier alpha value is -2.44. The number of oxime groups is 1. The van der Waals surface area contributed by atoms with Crippen LogP contribution in [0.25, 0.3) is 0 Å². The predicted octanol–water partition coefficient (Wildman–Crippen LogP) is 1.17. The Balaban J connectivity index is 2.22. The van der Waals surface area contributed by atoms with Crippen molar-refractivity contribution in [1.82, 2.24) is 0 Å². The molecule has 1 aliphatic rings. The number of carboxylic acids is 1. The van der Waals surface area contributed by atoms with Crippen LogP contribution in [0.3, 0.4) is 0 Å². The number of aliphatic carboxylic acids is 1. The number of benzene rings is 1. The van der Waals surface area contributed by atoms with Gasteiger partial charge in [0.15, 0.2) is 0 Å². The number of rotatable bonds is 3. The van der Waals surface area contributed by atoms with E-state index in [-0.39, 0.29) is 12.1 Å². The van der Waals surface area contributed by atoms with Crippen molar-refractivity contribution in [3.05, 3.63) is 39.9 Å². The van der Waals surface area contributed by atoms with E-state index in [1.54, 1.807) is 6.07 Å². The molecule has 7 heteroatoms. The third-order valence-corrected chi connectivity index (χ3v) is 2.33. The molecule has 1 atom stereocenters. The Kier molecular flexibility index (Phi) is 2.73. The van der Waals surface area contributed by atoms with Gasteiger partial charge in [0, 0.05) is 24.1 Å². The largest absolute Gasteiger partial charge is 0.478 e. The molecule has 2 rings (SSSR count). The molecular formula is C10H8N2O5. The number of carboxylic acid groups (broad SMARTS) is 1. The van der Waals surface area contributed by atoms with Crippen LogP contribution in [0, 0.1) is 10.1 Å². The van der Waals surface area contributed by atoms with Crippen LogP contribution in [-0.2, 0) is 9.63 Å². The fraction of sp³-hybridized carbons (Fsp3) is 0.200. The molecule has 0 amide bonds. The van der Waals surface area contributed by atoms with Crippen molar-refractivity contribution in [3.63, 3.8) is 0 Å². The highest BCUT2D eigenvalue weighted by Gasteiger charge is 2.28. The highest BCUT2D eigenvalue weighted by Crippen LogP contribution is 2.20. The van der Waals surface area contributed by atoms with Crippen LogP contribution in [0.2, 0.25) is 0 Å². The SMILES string of the molecule is O=C(O)[C@@H]1CC(c2cccc([N+](=O)[O-])c2)=NO1. The van der Waals surface area contributed by atoms with E-state index in [1.165, 1.54) is 18.2 Å². The van der Waals surface area contributed by atoms with Crippen molar-refractivity contribution in [2.45, 2.75) is 12.5 Å². The average Bonchev–Trinajstić information content (AvgIpc) is 2.78. The molecule has 0 saturated carbocycles. The summed E-state index contributed by atoms with van der Waals surface area (Å²) in [6.07, 6.45) is -0.902. The van der Waals surface area contributed by atoms with Crippen molar-refractivity contribution in [2.75, 3.05) is 0 Å². The normalized spacial score (nSPS) is 18.4. The van der Waals surface area contributed by atoms with Crippen molar-refractivity contribution in [2.24, 2.45) is 5.16 Å². The zero-order valence-electron chi connectivity index (χ0n) is 8.57. The van der Waals surface area contributed by atoms with E-state index in [0.29, 0.717) is 11.3 Å². The van der Waals surface area contributed by atoms with Gasteiger partial charge in [-0.25, -0.2) is 4.79 Å². The standard InChI is InChI=1S/C10H8N2O5/c13-10(14)9-5-8(11-17-9)6-2-1-3-7(4-6)12(15)16/h1-4,9H,5H2,(H,13,14)/t9-/m0/s1. The van der Waals surface area contributed by atoms with Gasteiger partial charge >= 0.3 is 5.97 Å². The Morgan fingerprint density at radius 1 is 1.59 bits per heavy atom. The minimum absolute atomic E-state index is 0.0658. The second kappa shape index (κ2) is 4.20. The predicted molar refractivity (Wildman–Crippen MR) is 56.8 cm³/mol. The summed E-state index contributed by atoms with van der Waals surface area (Å²) in [5, 5.41) is 22.9. The lowest BCUT2D eigenvalue weighted by atomic mass is 10.0. The topological polar surface area (TPSA) is 102 Å². The molecule has 17 heavy (non-hydrogen) atoms. The van der Waals surface area contributed by atoms with E-state index in [9.17, 15) is 14.9 Å². The van der Waals surface area contributed by atoms with Gasteiger partial charge in [-0.3, -0.25) is 10.1 Å². The highest BCUT2D eigenvalue weighted by atomic mass is 16.7. The molecule has 1 aromatic rings. The van der Waals surface area contributed by atoms with Gasteiger partial charge in [0.05, 0.1) is 10.6 Å². The summed E-state index contributed by atoms with van der Waals surface area (Å²) in [6.45, 7) is 0. The van der Waals surface area contributed by atoms with Crippen molar-refractivity contribution < 1.29 is 19.7 Å². The zero-order valence-corrected chi connectivity index (χ0v) is 8.57. The Morgan fingerprint density at radius 2 is 2.35 bits per heavy atom. The summed E-state index contributed by atoms with van der Waals surface area (Å²) in [4.78, 5) is 25.4. The van der Waals surface area contributed by atoms with Crippen LogP contribution in [0.1, 0.15) is 12.0 Å². The van der Waals surface area contributed by atoms with E-state index in [1.807, 2.05) is 0 Å². The minimum atomic E-state index is -1.10. The number of hydrogen-bond acceptors (Lipinski definition) is 5. The Morgan fingerprint density at radius 3 is 2.94 bits per heavy atom. The molecule has 1 aliphatic heterocycles. The first-order valence-electron chi connectivity index (χ1n) is 4.78. The first-order chi connectivity index (χ1) is 8.08. The molecule has 1 aromatic carbocycles. The molecule has 0 saturated heterocycles. The number of nitro benzene ring substituents is 1. The first kappa shape index (κ1) is 11.1. The number of non-ortho nitro benzene ring substituents is 1. The molecule has 1 N–H and O–H groups in total. The van der Waals surface area contributed by atoms with Crippen LogP contribution in [-0.4, -0.2) is 27.8 Å². The smallest absolute Gasteiger partial charge is 0.348 e. The molecule has 1 heterocycles. The third kappa shape index (κ3) is 2.22. The van der Waals surface area contributed by atoms with Crippen molar-refractivity contribution >= 4 is 17.4 Å². The molecule has 0 bridgehead atoms. The molecule has 0 aromatic heterocycles. The molecule has 7 nitrogen and oxygen atoms in total. The van der Waals surface area contributed by atoms with Crippen LogP contribution in [0.15, 0.2) is 29.4 Å². The summed E-state index contributed by atoms with van der Waals surface area (Å²) in [5.74, 6) is -1.10. The summed E-state index contributed by atoms with van der Waals surface area (Å²) < 4.78 is 0. The minimum Gasteiger partial charge on any atom is -0.478 e. The van der Waals surface area contributed by atoms with Crippen LogP contribution >= 0.6 is 0 Å². The van der Waals surface area contributed by atoms with E-state index >= 15 is 0 Å². The molecule has 88 valence electrons. The van der Waals surface area contributed by atoms with Gasteiger partial charge in [-0.15, -0.1) is 0 Å². The van der Waals surface area contributed by atoms with Gasteiger partial charge in [-0.05, 0) is 0 Å². The average molecular weight is 236 g/mol. The van der Waals surface area contributed by atoms with Crippen molar-refractivity contribution in [3.8, 4) is 0 Å². The van der Waals surface area contributed by atoms with Crippen LogP contribution < -0.4 is 0 Å². The maximum Gasteiger partial charge on any atom is 0.348 e. The van der Waals surface area contributed by atoms with Gasteiger partial charge in [0.1, 0.15) is 0 Å². The fourth-order valence-electron chi connectivity index (χ4n) is 1.48. The summed E-state index contributed by atoms with van der Waals surface area (Å²) >= 11 is 0. The first-order valence-corrected chi connectivity index (χ1v) is 4.78. The van der Waals surface area contributed by atoms with E-state index in [0.717, 1.165) is 0 Å². The van der Waals surface area contributed by atoms with Gasteiger partial charge in [0.2, 0.25) is 6.10 Å². The second-order valence-electron chi connectivity index (χ2n) is 3.48. The van der Waals surface area contributed by atoms with E-state index < -0.39 is 17.0 Å². The zero-order chi connectivity index (χ0) is 12.4. The summed E-state index contributed by atoms with van der Waals surface area (Å²) in [5.41, 5.74) is 0.841. The lowest BCUT2D eigenvalue weighted by Gasteiger charge is -2.00. The second-order valence-corrected chi connectivity index (χ2v) is 3.48. The monoisotopic (exact) mass is 236 g/mol. The molecule has 0 unspecified atom stereocenters. The fourth-order valence-corrected chi connectivity index (χ4v) is 1.48. The third-order valence-electron chi connectivity index (χ3n) is 2.33. The maximum atomic E-state index is 10.6. The maximum absolute atomic E-state index is 10.6. The number of nitro groups is 1. The van der Waals surface area contributed by atoms with Gasteiger partial charge in [0.25, 0.3) is 5.69 Å². The highest BCUT2D eigenvalue weighted by molar-refractivity contribution is 6.03. The summed E-state index contributed by atoms with van der Waals surface area (Å²) in [6, 6.07) is 5.84. The molecule has 0 spiro atoms. The Labute approximate surface area is 95.5 Å². The molecule has 0 radical (unpaired) electrons. The molecular weight excluding hydrogens is 228 g/mol. The lowest BCUT2D eigenvalue weighted by molar-refractivity contribution is -0.384. The quantitative estimate of drug-likeness (QED) is 0.626. The number of hydrogen-bond donors (Lipinski definition) is 1. The van der Waals surface area contributed by atoms with Crippen LogP contribution in [0.4, 0.5) is 5.69 Å². The van der Waals surface area contributed by atoms with Gasteiger partial charge in [-0.2, -0.15) is 0 Å². The number of carbonyl (C=O) groups is 1. The summed E-state index contributed by atoms with van der Waals surface area (Å²) in [7, 11) is 0. The van der Waals surface area contributed by atoms with E-state index in [2.05, 4.69) is 5.16 Å². The molecule has 0 fully saturated rings. The Bertz CT molecular complexity index is 511. The molecule has 0 aliphatic carbocycles. The van der Waals surface area contributed by atoms with Crippen LogP contribution in [0.5, 0.6) is 0 Å². The van der Waals surface area contributed by atoms with Gasteiger partial charge in [-0.1, -0.05) is 17.3 Å². The van der Waals surface area contributed by atoms with Crippen molar-refractivity contribution in [1.29, 1.82) is 0 Å². The number of nitrogens with zero attached hydrogens (tertiary/aromatic N) is 2. The van der Waals surface area contributed by atoms with Gasteiger partial charge < -0.3 is 9.94 Å². The lowest BCUT2D eigenvalue weighted by Crippen LogP contribution is -2.19. The van der Waals surface area contributed by atoms with E-state index in [4.69, 9.17) is 9.94 Å².